The summed E-state index contributed by atoms with van der Waals surface area (Å²) in [6.07, 6.45) is 3.66. The number of ether oxygens (including phenoxy) is 1. The summed E-state index contributed by atoms with van der Waals surface area (Å²) >= 11 is 5.79. The second-order valence-electron chi connectivity index (χ2n) is 4.99. The van der Waals surface area contributed by atoms with Crippen molar-refractivity contribution in [2.45, 2.75) is 31.7 Å². The summed E-state index contributed by atoms with van der Waals surface area (Å²) in [7, 11) is 0. The van der Waals surface area contributed by atoms with Crippen LogP contribution in [0.4, 0.5) is 0 Å². The topological polar surface area (TPSA) is 49.8 Å². The number of halogens is 1. The summed E-state index contributed by atoms with van der Waals surface area (Å²) in [5.41, 5.74) is 0. The number of hydrogen-bond donors (Lipinski definition) is 1. The molecular weight excluding hydrogens is 278 g/mol. The molecule has 0 radical (unpaired) electrons. The van der Waals surface area contributed by atoms with E-state index < -0.39 is 0 Å². The smallest absolute Gasteiger partial charge is 0.260 e. The molecule has 1 aromatic rings. The highest BCUT2D eigenvalue weighted by molar-refractivity contribution is 6.30. The molecule has 4 nitrogen and oxygen atoms in total. The molecule has 1 N–H and O–H groups in total. The number of hydrogen-bond acceptors (Lipinski definition) is 3. The summed E-state index contributed by atoms with van der Waals surface area (Å²) in [5, 5.41) is 9.53. The molecule has 1 heterocycles. The maximum Gasteiger partial charge on any atom is 0.260 e. The summed E-state index contributed by atoms with van der Waals surface area (Å²) in [5.74, 6) is 0.661. The normalized spacial score (nSPS) is 18.3. The van der Waals surface area contributed by atoms with Gasteiger partial charge in [0.2, 0.25) is 0 Å². The maximum absolute atomic E-state index is 12.2. The fourth-order valence-corrected chi connectivity index (χ4v) is 2.68. The van der Waals surface area contributed by atoms with E-state index >= 15 is 0 Å². The minimum atomic E-state index is 0.0142. The van der Waals surface area contributed by atoms with Gasteiger partial charge in [0.05, 0.1) is 0 Å². The number of aliphatic hydroxyl groups excluding tert-OH is 1. The summed E-state index contributed by atoms with van der Waals surface area (Å²) in [6, 6.07) is 7.23. The Labute approximate surface area is 124 Å². The van der Waals surface area contributed by atoms with Gasteiger partial charge in [-0.2, -0.15) is 0 Å². The fourth-order valence-electron chi connectivity index (χ4n) is 2.55. The van der Waals surface area contributed by atoms with Gasteiger partial charge in [-0.25, -0.2) is 0 Å². The Morgan fingerprint density at radius 1 is 1.40 bits per heavy atom. The highest BCUT2D eigenvalue weighted by atomic mass is 35.5. The van der Waals surface area contributed by atoms with E-state index in [0.717, 1.165) is 32.2 Å². The third kappa shape index (κ3) is 4.12. The number of likely N-dealkylation sites (tertiary alicyclic amines) is 1. The summed E-state index contributed by atoms with van der Waals surface area (Å²) in [6.45, 7) is 1.02. The van der Waals surface area contributed by atoms with Gasteiger partial charge in [-0.3, -0.25) is 4.79 Å². The molecular formula is C15H20ClNO3. The molecule has 1 aliphatic rings. The molecule has 0 bridgehead atoms. The van der Waals surface area contributed by atoms with Crippen LogP contribution in [0.5, 0.6) is 5.75 Å². The molecule has 1 unspecified atom stereocenters. The van der Waals surface area contributed by atoms with Crippen molar-refractivity contribution < 1.29 is 14.6 Å². The molecule has 5 heteroatoms. The van der Waals surface area contributed by atoms with Gasteiger partial charge < -0.3 is 14.7 Å². The van der Waals surface area contributed by atoms with Crippen LogP contribution in [-0.2, 0) is 4.79 Å². The largest absolute Gasteiger partial charge is 0.484 e. The van der Waals surface area contributed by atoms with E-state index in [2.05, 4.69) is 0 Å². The minimum absolute atomic E-state index is 0.0142. The molecule has 2 rings (SSSR count). The second-order valence-corrected chi connectivity index (χ2v) is 5.43. The van der Waals surface area contributed by atoms with Crippen LogP contribution in [0.1, 0.15) is 25.7 Å². The van der Waals surface area contributed by atoms with Gasteiger partial charge in [0.25, 0.3) is 5.91 Å². The first-order valence-electron chi connectivity index (χ1n) is 6.99. The molecule has 1 saturated heterocycles. The van der Waals surface area contributed by atoms with E-state index in [4.69, 9.17) is 21.4 Å². The summed E-state index contributed by atoms with van der Waals surface area (Å²) < 4.78 is 5.49. The first-order chi connectivity index (χ1) is 9.70. The quantitative estimate of drug-likeness (QED) is 0.877. The van der Waals surface area contributed by atoms with Gasteiger partial charge >= 0.3 is 0 Å². The zero-order valence-electron chi connectivity index (χ0n) is 11.4. The van der Waals surface area contributed by atoms with Crippen molar-refractivity contribution in [2.24, 2.45) is 0 Å². The van der Waals surface area contributed by atoms with Gasteiger partial charge in [-0.1, -0.05) is 11.6 Å². The van der Waals surface area contributed by atoms with Crippen LogP contribution < -0.4 is 4.74 Å². The number of rotatable bonds is 6. The SMILES string of the molecule is O=C(COc1ccc(Cl)cc1)N1CCCC1CCCO. The second kappa shape index (κ2) is 7.50. The van der Waals surface area contributed by atoms with E-state index in [1.54, 1.807) is 24.3 Å². The van der Waals surface area contributed by atoms with Crippen LogP contribution in [0.25, 0.3) is 0 Å². The molecule has 1 aromatic carbocycles. The van der Waals surface area contributed by atoms with Crippen LogP contribution in [0.15, 0.2) is 24.3 Å². The highest BCUT2D eigenvalue weighted by Crippen LogP contribution is 2.22. The average molecular weight is 298 g/mol. The van der Waals surface area contributed by atoms with Crippen molar-refractivity contribution in [3.05, 3.63) is 29.3 Å². The third-order valence-corrected chi connectivity index (χ3v) is 3.82. The zero-order valence-corrected chi connectivity index (χ0v) is 12.2. The Balaban J connectivity index is 1.83. The van der Waals surface area contributed by atoms with Crippen LogP contribution in [-0.4, -0.2) is 41.7 Å². The lowest BCUT2D eigenvalue weighted by Crippen LogP contribution is -2.38. The third-order valence-electron chi connectivity index (χ3n) is 3.57. The molecule has 110 valence electrons. The molecule has 20 heavy (non-hydrogen) atoms. The van der Waals surface area contributed by atoms with Crippen LogP contribution in [0, 0.1) is 0 Å². The number of aliphatic hydroxyl groups is 1. The van der Waals surface area contributed by atoms with Gasteiger partial charge in [0, 0.05) is 24.2 Å². The summed E-state index contributed by atoms with van der Waals surface area (Å²) in [4.78, 5) is 14.1. The van der Waals surface area contributed by atoms with E-state index in [-0.39, 0.29) is 25.2 Å². The number of carbonyl (C=O) groups excluding carboxylic acids is 1. The lowest BCUT2D eigenvalue weighted by molar-refractivity contribution is -0.134. The lowest BCUT2D eigenvalue weighted by atomic mass is 10.1. The van der Waals surface area contributed by atoms with Crippen molar-refractivity contribution in [1.29, 1.82) is 0 Å². The number of carbonyl (C=O) groups is 1. The molecule has 1 atom stereocenters. The molecule has 1 fully saturated rings. The predicted molar refractivity (Wildman–Crippen MR) is 78.0 cm³/mol. The first kappa shape index (κ1) is 15.1. The van der Waals surface area contributed by atoms with E-state index in [0.29, 0.717) is 10.8 Å². The molecule has 0 spiro atoms. The zero-order chi connectivity index (χ0) is 14.4. The van der Waals surface area contributed by atoms with Crippen molar-refractivity contribution in [3.63, 3.8) is 0 Å². The average Bonchev–Trinajstić information content (AvgIpc) is 2.92. The molecule has 0 aliphatic carbocycles. The molecule has 0 aromatic heterocycles. The van der Waals surface area contributed by atoms with Gasteiger partial charge in [-0.15, -0.1) is 0 Å². The van der Waals surface area contributed by atoms with Crippen LogP contribution in [0.2, 0.25) is 5.02 Å². The predicted octanol–water partition coefficient (Wildman–Crippen LogP) is 2.48. The molecule has 1 amide bonds. The molecule has 1 aliphatic heterocycles. The Hall–Kier alpha value is -1.26. The Kier molecular flexibility index (Phi) is 5.68. The van der Waals surface area contributed by atoms with E-state index in [9.17, 15) is 4.79 Å². The Morgan fingerprint density at radius 3 is 2.85 bits per heavy atom. The number of benzene rings is 1. The Morgan fingerprint density at radius 2 is 2.15 bits per heavy atom. The maximum atomic E-state index is 12.2. The van der Waals surface area contributed by atoms with Gasteiger partial charge in [0.15, 0.2) is 6.61 Å². The number of amides is 1. The van der Waals surface area contributed by atoms with Crippen molar-refractivity contribution in [1.82, 2.24) is 4.90 Å². The van der Waals surface area contributed by atoms with E-state index in [1.165, 1.54) is 0 Å². The van der Waals surface area contributed by atoms with E-state index in [1.807, 2.05) is 4.90 Å². The van der Waals surface area contributed by atoms with Crippen molar-refractivity contribution in [2.75, 3.05) is 19.8 Å². The minimum Gasteiger partial charge on any atom is -0.484 e. The van der Waals surface area contributed by atoms with Crippen molar-refractivity contribution in [3.8, 4) is 5.75 Å². The standard InChI is InChI=1S/C15H20ClNO3/c16-12-5-7-14(8-6-12)20-11-15(19)17-9-1-3-13(17)4-2-10-18/h5-8,13,18H,1-4,9-11H2. The number of nitrogens with zero attached hydrogens (tertiary/aromatic N) is 1. The Bertz CT molecular complexity index is 435. The first-order valence-corrected chi connectivity index (χ1v) is 7.37. The van der Waals surface area contributed by atoms with Crippen LogP contribution >= 0.6 is 11.6 Å². The fraction of sp³-hybridized carbons (Fsp3) is 0.533. The molecule has 0 saturated carbocycles. The van der Waals surface area contributed by atoms with Crippen LogP contribution in [0.3, 0.4) is 0 Å². The monoisotopic (exact) mass is 297 g/mol. The van der Waals surface area contributed by atoms with Gasteiger partial charge in [-0.05, 0) is 49.9 Å². The highest BCUT2D eigenvalue weighted by Gasteiger charge is 2.28. The van der Waals surface area contributed by atoms with Gasteiger partial charge in [0.1, 0.15) is 5.75 Å². The van der Waals surface area contributed by atoms with Crippen molar-refractivity contribution >= 4 is 17.5 Å². The lowest BCUT2D eigenvalue weighted by Gasteiger charge is -2.24.